The van der Waals surface area contributed by atoms with Gasteiger partial charge in [-0.2, -0.15) is 0 Å². The van der Waals surface area contributed by atoms with Crippen LogP contribution in [0.3, 0.4) is 0 Å². The summed E-state index contributed by atoms with van der Waals surface area (Å²) >= 11 is 3.30. The van der Waals surface area contributed by atoms with Crippen LogP contribution in [-0.2, 0) is 4.79 Å². The predicted molar refractivity (Wildman–Crippen MR) is 77.2 cm³/mol. The van der Waals surface area contributed by atoms with Crippen molar-refractivity contribution in [3.63, 3.8) is 0 Å². The van der Waals surface area contributed by atoms with Gasteiger partial charge in [-0.1, -0.05) is 32.4 Å². The second-order valence-corrected chi connectivity index (χ2v) is 6.45. The fourth-order valence-electron chi connectivity index (χ4n) is 1.67. The zero-order chi connectivity index (χ0) is 14.8. The van der Waals surface area contributed by atoms with Crippen LogP contribution in [0.5, 0.6) is 0 Å². The van der Waals surface area contributed by atoms with Crippen LogP contribution in [0, 0.1) is 12.3 Å². The average molecular weight is 328 g/mol. The number of carbonyl (C=O) groups is 2. The minimum atomic E-state index is -1.04. The molecule has 2 N–H and O–H groups in total. The number of carboxylic acids is 1. The topological polar surface area (TPSA) is 66.4 Å². The summed E-state index contributed by atoms with van der Waals surface area (Å²) in [5.41, 5.74) is 0.823. The molecule has 0 fully saturated rings. The quantitative estimate of drug-likeness (QED) is 0.896. The van der Waals surface area contributed by atoms with Gasteiger partial charge in [-0.25, -0.2) is 4.79 Å². The number of carbonyl (C=O) groups excluding carboxylic acids is 1. The summed E-state index contributed by atoms with van der Waals surface area (Å²) in [7, 11) is 0. The summed E-state index contributed by atoms with van der Waals surface area (Å²) in [6, 6.07) is 4.43. The number of rotatable bonds is 3. The van der Waals surface area contributed by atoms with Gasteiger partial charge in [0.25, 0.3) is 5.91 Å². The van der Waals surface area contributed by atoms with E-state index in [1.807, 2.05) is 13.0 Å². The lowest BCUT2D eigenvalue weighted by Crippen LogP contribution is -2.49. The Morgan fingerprint density at radius 3 is 2.37 bits per heavy atom. The molecule has 5 heteroatoms. The van der Waals surface area contributed by atoms with Gasteiger partial charge in [0.2, 0.25) is 0 Å². The molecule has 0 saturated carbocycles. The van der Waals surface area contributed by atoms with Gasteiger partial charge in [-0.3, -0.25) is 4.79 Å². The Kier molecular flexibility index (Phi) is 4.74. The predicted octanol–water partition coefficient (Wildman–Crippen LogP) is 2.99. The summed E-state index contributed by atoms with van der Waals surface area (Å²) in [5, 5.41) is 11.8. The van der Waals surface area contributed by atoms with Crippen LogP contribution in [-0.4, -0.2) is 23.0 Å². The maximum atomic E-state index is 12.2. The second kappa shape index (κ2) is 5.74. The molecule has 0 aliphatic carbocycles. The van der Waals surface area contributed by atoms with Crippen molar-refractivity contribution in [2.45, 2.75) is 33.7 Å². The summed E-state index contributed by atoms with van der Waals surface area (Å²) in [6.45, 7) is 7.20. The smallest absolute Gasteiger partial charge is 0.326 e. The van der Waals surface area contributed by atoms with Crippen LogP contribution >= 0.6 is 15.9 Å². The molecule has 1 unspecified atom stereocenters. The van der Waals surface area contributed by atoms with Crippen LogP contribution in [0.2, 0.25) is 0 Å². The van der Waals surface area contributed by atoms with E-state index < -0.39 is 23.3 Å². The molecular formula is C14H18BrNO3. The van der Waals surface area contributed by atoms with E-state index in [1.54, 1.807) is 32.9 Å². The van der Waals surface area contributed by atoms with Gasteiger partial charge >= 0.3 is 5.97 Å². The molecule has 1 atom stereocenters. The van der Waals surface area contributed by atoms with Crippen LogP contribution in [0.1, 0.15) is 36.7 Å². The van der Waals surface area contributed by atoms with Gasteiger partial charge in [0.1, 0.15) is 6.04 Å². The first-order chi connectivity index (χ1) is 8.62. The van der Waals surface area contributed by atoms with Gasteiger partial charge in [0, 0.05) is 4.47 Å². The fourth-order valence-corrected chi connectivity index (χ4v) is 2.10. The number of aryl methyl sites for hydroxylation is 1. The molecule has 1 aromatic rings. The normalized spacial score (nSPS) is 12.9. The Labute approximate surface area is 121 Å². The van der Waals surface area contributed by atoms with E-state index in [-0.39, 0.29) is 0 Å². The maximum absolute atomic E-state index is 12.2. The first-order valence-electron chi connectivity index (χ1n) is 5.92. The van der Waals surface area contributed by atoms with E-state index >= 15 is 0 Å². The van der Waals surface area contributed by atoms with E-state index in [1.165, 1.54) is 0 Å². The second-order valence-electron chi connectivity index (χ2n) is 5.59. The summed E-state index contributed by atoms with van der Waals surface area (Å²) in [5.74, 6) is -1.43. The molecule has 0 heterocycles. The molecule has 1 amide bonds. The Hall–Kier alpha value is -1.36. The van der Waals surface area contributed by atoms with E-state index in [9.17, 15) is 14.7 Å². The highest BCUT2D eigenvalue weighted by molar-refractivity contribution is 9.10. The molecule has 0 aromatic heterocycles. The molecule has 1 rings (SSSR count). The van der Waals surface area contributed by atoms with Crippen LogP contribution in [0.4, 0.5) is 0 Å². The SMILES string of the molecule is Cc1ccc(Br)c(C(=O)NC(C(=O)O)C(C)(C)C)c1. The zero-order valence-electron chi connectivity index (χ0n) is 11.5. The number of carboxylic acid groups (broad SMARTS) is 1. The first kappa shape index (κ1) is 15.7. The lowest BCUT2D eigenvalue weighted by molar-refractivity contribution is -0.142. The van der Waals surface area contributed by atoms with Crippen molar-refractivity contribution in [3.8, 4) is 0 Å². The third kappa shape index (κ3) is 4.06. The Morgan fingerprint density at radius 1 is 1.32 bits per heavy atom. The van der Waals surface area contributed by atoms with Crippen molar-refractivity contribution in [1.29, 1.82) is 0 Å². The highest BCUT2D eigenvalue weighted by Crippen LogP contribution is 2.22. The van der Waals surface area contributed by atoms with Crippen molar-refractivity contribution in [1.82, 2.24) is 5.32 Å². The first-order valence-corrected chi connectivity index (χ1v) is 6.72. The Bertz CT molecular complexity index is 506. The summed E-state index contributed by atoms with van der Waals surface area (Å²) in [6.07, 6.45) is 0. The summed E-state index contributed by atoms with van der Waals surface area (Å²) < 4.78 is 0.647. The number of aliphatic carboxylic acids is 1. The molecule has 0 aliphatic heterocycles. The standard InChI is InChI=1S/C14H18BrNO3/c1-8-5-6-10(15)9(7-8)12(17)16-11(13(18)19)14(2,3)4/h5-7,11H,1-4H3,(H,16,17)(H,18,19). The molecule has 0 radical (unpaired) electrons. The lowest BCUT2D eigenvalue weighted by atomic mass is 9.86. The van der Waals surface area contributed by atoms with Crippen LogP contribution < -0.4 is 5.32 Å². The number of benzene rings is 1. The molecule has 0 bridgehead atoms. The van der Waals surface area contributed by atoms with Gasteiger partial charge in [0.05, 0.1) is 5.56 Å². The molecule has 0 aliphatic rings. The highest BCUT2D eigenvalue weighted by atomic mass is 79.9. The minimum Gasteiger partial charge on any atom is -0.480 e. The molecule has 4 nitrogen and oxygen atoms in total. The fraction of sp³-hybridized carbons (Fsp3) is 0.429. The van der Waals surface area contributed by atoms with Gasteiger partial charge < -0.3 is 10.4 Å². The van der Waals surface area contributed by atoms with Crippen molar-refractivity contribution in [2.75, 3.05) is 0 Å². The molecule has 104 valence electrons. The van der Waals surface area contributed by atoms with E-state index in [2.05, 4.69) is 21.2 Å². The Morgan fingerprint density at radius 2 is 1.89 bits per heavy atom. The average Bonchev–Trinajstić information content (AvgIpc) is 2.26. The highest BCUT2D eigenvalue weighted by Gasteiger charge is 2.33. The molecule has 0 spiro atoms. The van der Waals surface area contributed by atoms with Crippen LogP contribution in [0.15, 0.2) is 22.7 Å². The molecular weight excluding hydrogens is 310 g/mol. The Balaban J connectivity index is 3.01. The largest absolute Gasteiger partial charge is 0.480 e. The lowest BCUT2D eigenvalue weighted by Gasteiger charge is -2.27. The van der Waals surface area contributed by atoms with E-state index in [0.29, 0.717) is 10.0 Å². The van der Waals surface area contributed by atoms with Gasteiger partial charge in [0.15, 0.2) is 0 Å². The number of amides is 1. The van der Waals surface area contributed by atoms with Gasteiger partial charge in [-0.05, 0) is 40.4 Å². The van der Waals surface area contributed by atoms with Crippen molar-refractivity contribution in [2.24, 2.45) is 5.41 Å². The monoisotopic (exact) mass is 327 g/mol. The molecule has 19 heavy (non-hydrogen) atoms. The zero-order valence-corrected chi connectivity index (χ0v) is 13.0. The number of halogens is 1. The summed E-state index contributed by atoms with van der Waals surface area (Å²) in [4.78, 5) is 23.4. The van der Waals surface area contributed by atoms with E-state index in [0.717, 1.165) is 5.56 Å². The third-order valence-electron chi connectivity index (χ3n) is 2.75. The third-order valence-corrected chi connectivity index (χ3v) is 3.45. The molecule has 0 saturated heterocycles. The molecule has 1 aromatic carbocycles. The number of hydrogen-bond donors (Lipinski definition) is 2. The van der Waals surface area contributed by atoms with Crippen molar-refractivity contribution >= 4 is 27.8 Å². The number of hydrogen-bond acceptors (Lipinski definition) is 2. The van der Waals surface area contributed by atoms with Crippen molar-refractivity contribution in [3.05, 3.63) is 33.8 Å². The minimum absolute atomic E-state index is 0.391. The van der Waals surface area contributed by atoms with Crippen molar-refractivity contribution < 1.29 is 14.7 Å². The van der Waals surface area contributed by atoms with Crippen LogP contribution in [0.25, 0.3) is 0 Å². The maximum Gasteiger partial charge on any atom is 0.326 e. The van der Waals surface area contributed by atoms with Gasteiger partial charge in [-0.15, -0.1) is 0 Å². The number of nitrogens with one attached hydrogen (secondary N) is 1. The van der Waals surface area contributed by atoms with E-state index in [4.69, 9.17) is 0 Å².